The third-order valence-corrected chi connectivity index (χ3v) is 3.44. The van der Waals surface area contributed by atoms with Gasteiger partial charge in [-0.05, 0) is 19.8 Å². The van der Waals surface area contributed by atoms with Crippen LogP contribution in [0.2, 0.25) is 0 Å². The molecule has 0 saturated heterocycles. The number of carbonyl (C=O) groups is 1. The van der Waals surface area contributed by atoms with Crippen LogP contribution in [0.1, 0.15) is 53.0 Å². The van der Waals surface area contributed by atoms with Gasteiger partial charge in [0.15, 0.2) is 6.29 Å². The molecule has 0 N–H and O–H groups in total. The van der Waals surface area contributed by atoms with Crippen molar-refractivity contribution in [2.75, 3.05) is 0 Å². The van der Waals surface area contributed by atoms with Crippen molar-refractivity contribution in [1.29, 1.82) is 0 Å². The maximum absolute atomic E-state index is 10.6. The third-order valence-electron chi connectivity index (χ3n) is 2.30. The molecule has 1 rings (SSSR count). The van der Waals surface area contributed by atoms with Crippen LogP contribution in [0, 0.1) is 6.92 Å². The van der Waals surface area contributed by atoms with Gasteiger partial charge in [0.05, 0.1) is 5.01 Å². The van der Waals surface area contributed by atoms with Crippen LogP contribution in [-0.2, 0) is 0 Å². The van der Waals surface area contributed by atoms with Crippen molar-refractivity contribution in [3.05, 3.63) is 15.6 Å². The van der Waals surface area contributed by atoms with E-state index in [1.54, 1.807) is 11.3 Å². The summed E-state index contributed by atoms with van der Waals surface area (Å²) in [7, 11) is 0. The number of carbonyl (C=O) groups excluding carboxylic acids is 1. The lowest BCUT2D eigenvalue weighted by atomic mass is 10.1. The van der Waals surface area contributed by atoms with Crippen LogP contribution in [0.5, 0.6) is 0 Å². The second-order valence-corrected chi connectivity index (χ2v) is 4.36. The summed E-state index contributed by atoms with van der Waals surface area (Å²) in [6.07, 6.45) is 3.04. The number of thiazole rings is 1. The molecule has 1 aromatic heterocycles. The Morgan fingerprint density at radius 1 is 1.46 bits per heavy atom. The number of aryl methyl sites for hydroxylation is 1. The molecule has 0 radical (unpaired) electrons. The average Bonchev–Trinajstić information content (AvgIpc) is 2.49. The highest BCUT2D eigenvalue weighted by Crippen LogP contribution is 2.28. The number of aromatic nitrogens is 1. The molecule has 0 saturated carbocycles. The van der Waals surface area contributed by atoms with E-state index in [-0.39, 0.29) is 0 Å². The van der Waals surface area contributed by atoms with Crippen molar-refractivity contribution < 1.29 is 4.79 Å². The molecule has 0 atom stereocenters. The summed E-state index contributed by atoms with van der Waals surface area (Å²) in [5.41, 5.74) is 0.618. The van der Waals surface area contributed by atoms with Crippen molar-refractivity contribution in [2.24, 2.45) is 0 Å². The van der Waals surface area contributed by atoms with E-state index in [0.29, 0.717) is 11.6 Å². The van der Waals surface area contributed by atoms with E-state index in [1.165, 1.54) is 0 Å². The molecule has 0 bridgehead atoms. The Labute approximate surface area is 83.0 Å². The summed E-state index contributed by atoms with van der Waals surface area (Å²) in [5, 5.41) is 1.12. The molecule has 0 unspecified atom stereocenters. The average molecular weight is 197 g/mol. The monoisotopic (exact) mass is 197 g/mol. The molecule has 0 spiro atoms. The number of nitrogens with zero attached hydrogens (tertiary/aromatic N) is 1. The predicted molar refractivity (Wildman–Crippen MR) is 55.6 cm³/mol. The standard InChI is InChI=1S/C10H15NOS/c1-4-8(5-2)10-11-9(6-12)7(3)13-10/h6,8H,4-5H2,1-3H3. The lowest BCUT2D eigenvalue weighted by molar-refractivity contribution is 0.111. The van der Waals surface area contributed by atoms with E-state index in [2.05, 4.69) is 18.8 Å². The van der Waals surface area contributed by atoms with Crippen molar-refractivity contribution >= 4 is 17.6 Å². The van der Waals surface area contributed by atoms with E-state index in [1.807, 2.05) is 6.92 Å². The lowest BCUT2D eigenvalue weighted by Gasteiger charge is -2.06. The predicted octanol–water partition coefficient (Wildman–Crippen LogP) is 3.17. The van der Waals surface area contributed by atoms with Crippen LogP contribution < -0.4 is 0 Å². The van der Waals surface area contributed by atoms with Crippen molar-refractivity contribution in [2.45, 2.75) is 39.5 Å². The van der Waals surface area contributed by atoms with Crippen LogP contribution in [0.3, 0.4) is 0 Å². The SMILES string of the molecule is CCC(CC)c1nc(C=O)c(C)s1. The first-order valence-electron chi connectivity index (χ1n) is 4.65. The first-order chi connectivity index (χ1) is 6.22. The van der Waals surface area contributed by atoms with Crippen LogP contribution in [0.15, 0.2) is 0 Å². The molecule has 1 aromatic rings. The van der Waals surface area contributed by atoms with E-state index < -0.39 is 0 Å². The number of hydrogen-bond acceptors (Lipinski definition) is 3. The van der Waals surface area contributed by atoms with Gasteiger partial charge in [-0.15, -0.1) is 11.3 Å². The first kappa shape index (κ1) is 10.4. The summed E-state index contributed by atoms with van der Waals surface area (Å²) in [4.78, 5) is 15.9. The van der Waals surface area contributed by atoms with Crippen LogP contribution in [-0.4, -0.2) is 11.3 Å². The highest BCUT2D eigenvalue weighted by atomic mass is 32.1. The van der Waals surface area contributed by atoms with E-state index >= 15 is 0 Å². The fourth-order valence-electron chi connectivity index (χ4n) is 1.35. The molecule has 0 aliphatic heterocycles. The van der Waals surface area contributed by atoms with Gasteiger partial charge >= 0.3 is 0 Å². The minimum absolute atomic E-state index is 0.525. The van der Waals surface area contributed by atoms with Crippen molar-refractivity contribution in [1.82, 2.24) is 4.98 Å². The minimum Gasteiger partial charge on any atom is -0.296 e. The summed E-state index contributed by atoms with van der Waals surface area (Å²) in [6.45, 7) is 6.27. The van der Waals surface area contributed by atoms with Gasteiger partial charge in [-0.2, -0.15) is 0 Å². The Morgan fingerprint density at radius 2 is 2.08 bits per heavy atom. The lowest BCUT2D eigenvalue weighted by Crippen LogP contribution is -1.94. The fraction of sp³-hybridized carbons (Fsp3) is 0.600. The van der Waals surface area contributed by atoms with Crippen LogP contribution >= 0.6 is 11.3 Å². The van der Waals surface area contributed by atoms with Gasteiger partial charge in [0.1, 0.15) is 5.69 Å². The van der Waals surface area contributed by atoms with Gasteiger partial charge < -0.3 is 0 Å². The largest absolute Gasteiger partial charge is 0.296 e. The molecule has 0 fully saturated rings. The van der Waals surface area contributed by atoms with E-state index in [4.69, 9.17) is 0 Å². The molecule has 72 valence electrons. The Balaban J connectivity index is 2.94. The summed E-state index contributed by atoms with van der Waals surface area (Å²) in [5.74, 6) is 0.525. The first-order valence-corrected chi connectivity index (χ1v) is 5.47. The molecule has 0 amide bonds. The van der Waals surface area contributed by atoms with Gasteiger partial charge in [0, 0.05) is 10.8 Å². The Kier molecular flexibility index (Phi) is 3.60. The van der Waals surface area contributed by atoms with Crippen LogP contribution in [0.4, 0.5) is 0 Å². The molecular weight excluding hydrogens is 182 g/mol. The molecule has 1 heterocycles. The molecule has 13 heavy (non-hydrogen) atoms. The maximum Gasteiger partial charge on any atom is 0.169 e. The van der Waals surface area contributed by atoms with Crippen LogP contribution in [0.25, 0.3) is 0 Å². The molecular formula is C10H15NOS. The Bertz CT molecular complexity index is 289. The molecule has 0 aliphatic rings. The second kappa shape index (κ2) is 4.51. The van der Waals surface area contributed by atoms with Crippen molar-refractivity contribution in [3.8, 4) is 0 Å². The summed E-state index contributed by atoms with van der Waals surface area (Å²) in [6, 6.07) is 0. The second-order valence-electron chi connectivity index (χ2n) is 3.12. The maximum atomic E-state index is 10.6. The van der Waals surface area contributed by atoms with Gasteiger partial charge in [0.25, 0.3) is 0 Å². The third kappa shape index (κ3) is 2.15. The Morgan fingerprint density at radius 3 is 2.46 bits per heavy atom. The fourth-order valence-corrected chi connectivity index (χ4v) is 2.51. The molecule has 0 aromatic carbocycles. The normalized spacial score (nSPS) is 10.8. The van der Waals surface area contributed by atoms with Gasteiger partial charge in [0.2, 0.25) is 0 Å². The quantitative estimate of drug-likeness (QED) is 0.694. The van der Waals surface area contributed by atoms with E-state index in [0.717, 1.165) is 29.0 Å². The van der Waals surface area contributed by atoms with E-state index in [9.17, 15) is 4.79 Å². The highest BCUT2D eigenvalue weighted by molar-refractivity contribution is 7.11. The zero-order valence-corrected chi connectivity index (χ0v) is 9.15. The Hall–Kier alpha value is -0.700. The topological polar surface area (TPSA) is 30.0 Å². The van der Waals surface area contributed by atoms with Gasteiger partial charge in [-0.1, -0.05) is 13.8 Å². The summed E-state index contributed by atoms with van der Waals surface area (Å²) >= 11 is 1.65. The number of hydrogen-bond donors (Lipinski definition) is 0. The number of rotatable bonds is 4. The number of aldehydes is 1. The summed E-state index contributed by atoms with van der Waals surface area (Å²) < 4.78 is 0. The minimum atomic E-state index is 0.525. The highest BCUT2D eigenvalue weighted by Gasteiger charge is 2.13. The zero-order valence-electron chi connectivity index (χ0n) is 8.33. The van der Waals surface area contributed by atoms with Crippen molar-refractivity contribution in [3.63, 3.8) is 0 Å². The molecule has 0 aliphatic carbocycles. The zero-order chi connectivity index (χ0) is 9.84. The molecule has 2 nitrogen and oxygen atoms in total. The smallest absolute Gasteiger partial charge is 0.169 e. The van der Waals surface area contributed by atoms with Gasteiger partial charge in [-0.25, -0.2) is 4.98 Å². The molecule has 3 heteroatoms. The van der Waals surface area contributed by atoms with Gasteiger partial charge in [-0.3, -0.25) is 4.79 Å².